The molecule has 0 amide bonds. The lowest BCUT2D eigenvalue weighted by molar-refractivity contribution is 0.137. The van der Waals surface area contributed by atoms with Gasteiger partial charge in [-0.2, -0.15) is 0 Å². The van der Waals surface area contributed by atoms with Crippen LogP contribution >= 0.6 is 23.2 Å². The van der Waals surface area contributed by atoms with E-state index in [4.69, 9.17) is 33.7 Å². The molecular formula is C20H17Cl2FN2O2. The Hall–Kier alpha value is -2.18. The Bertz CT molecular complexity index is 968. The molecule has 3 aromatic rings. The molecule has 4 nitrogen and oxygen atoms in total. The van der Waals surface area contributed by atoms with Gasteiger partial charge in [-0.3, -0.25) is 4.98 Å². The number of nitrogens with two attached hydrogens (primary N) is 1. The minimum atomic E-state index is -1.35. The Kier molecular flexibility index (Phi) is 5.97. The molecule has 7 heteroatoms. The maximum absolute atomic E-state index is 14.6. The van der Waals surface area contributed by atoms with Crippen molar-refractivity contribution in [3.8, 4) is 16.9 Å². The molecule has 0 aliphatic heterocycles. The molecule has 3 rings (SSSR count). The largest absolute Gasteiger partial charge is 0.497 e. The van der Waals surface area contributed by atoms with E-state index >= 15 is 0 Å². The van der Waals surface area contributed by atoms with E-state index in [2.05, 4.69) is 4.98 Å². The van der Waals surface area contributed by atoms with E-state index in [1.54, 1.807) is 43.5 Å². The van der Waals surface area contributed by atoms with Gasteiger partial charge < -0.3 is 15.6 Å². The van der Waals surface area contributed by atoms with Crippen LogP contribution < -0.4 is 10.5 Å². The van der Waals surface area contributed by atoms with Gasteiger partial charge in [-0.05, 0) is 41.5 Å². The summed E-state index contributed by atoms with van der Waals surface area (Å²) in [6.07, 6.45) is 0.138. The zero-order valence-corrected chi connectivity index (χ0v) is 15.9. The fourth-order valence-corrected chi connectivity index (χ4v) is 3.01. The van der Waals surface area contributed by atoms with Crippen molar-refractivity contribution >= 4 is 23.2 Å². The first-order chi connectivity index (χ1) is 12.9. The molecule has 0 spiro atoms. The van der Waals surface area contributed by atoms with Crippen LogP contribution in [-0.2, 0) is 0 Å². The highest BCUT2D eigenvalue weighted by atomic mass is 35.5. The molecular weight excluding hydrogens is 390 g/mol. The maximum atomic E-state index is 14.6. The van der Waals surface area contributed by atoms with Crippen molar-refractivity contribution in [2.24, 2.45) is 5.73 Å². The highest BCUT2D eigenvalue weighted by Crippen LogP contribution is 2.32. The molecule has 2 aromatic carbocycles. The lowest BCUT2D eigenvalue weighted by atomic mass is 9.98. The second kappa shape index (κ2) is 8.23. The number of aliphatic hydroxyl groups is 1. The highest BCUT2D eigenvalue weighted by molar-refractivity contribution is 6.42. The highest BCUT2D eigenvalue weighted by Gasteiger charge is 2.24. The number of hydrogen-bond acceptors (Lipinski definition) is 4. The van der Waals surface area contributed by atoms with Crippen molar-refractivity contribution in [3.63, 3.8) is 0 Å². The van der Waals surface area contributed by atoms with Crippen molar-refractivity contribution in [2.45, 2.75) is 12.1 Å². The Morgan fingerprint density at radius 3 is 2.52 bits per heavy atom. The maximum Gasteiger partial charge on any atom is 0.148 e. The Labute approximate surface area is 166 Å². The number of benzene rings is 2. The van der Waals surface area contributed by atoms with Crippen molar-refractivity contribution in [1.29, 1.82) is 0 Å². The van der Waals surface area contributed by atoms with Crippen LogP contribution in [-0.4, -0.2) is 17.2 Å². The lowest BCUT2D eigenvalue weighted by Gasteiger charge is -2.20. The van der Waals surface area contributed by atoms with Gasteiger partial charge in [0, 0.05) is 11.8 Å². The number of rotatable bonds is 5. The first-order valence-corrected chi connectivity index (χ1v) is 8.84. The summed E-state index contributed by atoms with van der Waals surface area (Å²) in [6.45, 7) is 0. The van der Waals surface area contributed by atoms with Gasteiger partial charge in [0.15, 0.2) is 0 Å². The summed E-state index contributed by atoms with van der Waals surface area (Å²) in [7, 11) is 1.56. The van der Waals surface area contributed by atoms with Gasteiger partial charge in [-0.25, -0.2) is 4.39 Å². The van der Waals surface area contributed by atoms with E-state index in [0.717, 1.165) is 5.56 Å². The van der Waals surface area contributed by atoms with Crippen LogP contribution in [0.5, 0.6) is 5.75 Å². The third kappa shape index (κ3) is 4.22. The standard InChI is InChI=1S/C20H17Cl2FN2O2/c1-27-14-4-2-3-11(7-14)13-9-17(23)19(25-10-13)20(26)18(24)12-5-6-15(21)16(22)8-12/h2-10,18,20,26H,24H2,1H3/t18-,20+/m0/s1. The summed E-state index contributed by atoms with van der Waals surface area (Å²) >= 11 is 11.9. The topological polar surface area (TPSA) is 68.4 Å². The Morgan fingerprint density at radius 2 is 1.85 bits per heavy atom. The minimum Gasteiger partial charge on any atom is -0.497 e. The van der Waals surface area contributed by atoms with Crippen LogP contribution in [0.4, 0.5) is 4.39 Å². The SMILES string of the molecule is COc1cccc(-c2cnc([C@H](O)[C@@H](N)c3ccc(Cl)c(Cl)c3)c(F)c2)c1. The monoisotopic (exact) mass is 406 g/mol. The number of ether oxygens (including phenoxy) is 1. The number of aliphatic hydroxyl groups excluding tert-OH is 1. The van der Waals surface area contributed by atoms with Crippen molar-refractivity contribution < 1.29 is 14.2 Å². The molecule has 0 radical (unpaired) electrons. The fourth-order valence-electron chi connectivity index (χ4n) is 2.70. The molecule has 1 heterocycles. The molecule has 0 saturated carbocycles. The predicted octanol–water partition coefficient (Wildman–Crippen LogP) is 4.94. The summed E-state index contributed by atoms with van der Waals surface area (Å²) in [5, 5.41) is 11.2. The third-order valence-corrected chi connectivity index (χ3v) is 4.96. The van der Waals surface area contributed by atoms with Gasteiger partial charge in [0.25, 0.3) is 0 Å². The van der Waals surface area contributed by atoms with Crippen LogP contribution in [0.25, 0.3) is 11.1 Å². The van der Waals surface area contributed by atoms with Crippen LogP contribution in [0.15, 0.2) is 54.7 Å². The summed E-state index contributed by atoms with van der Waals surface area (Å²) in [4.78, 5) is 4.09. The van der Waals surface area contributed by atoms with E-state index in [-0.39, 0.29) is 5.69 Å². The summed E-state index contributed by atoms with van der Waals surface area (Å²) in [5.41, 5.74) is 7.76. The number of aromatic nitrogens is 1. The molecule has 0 saturated heterocycles. The average molecular weight is 407 g/mol. The molecule has 2 atom stereocenters. The predicted molar refractivity (Wildman–Crippen MR) is 105 cm³/mol. The molecule has 0 unspecified atom stereocenters. The summed E-state index contributed by atoms with van der Waals surface area (Å²) < 4.78 is 19.8. The number of halogens is 3. The van der Waals surface area contributed by atoms with Gasteiger partial charge >= 0.3 is 0 Å². The van der Waals surface area contributed by atoms with Crippen LogP contribution in [0.3, 0.4) is 0 Å². The second-order valence-corrected chi connectivity index (χ2v) is 6.78. The second-order valence-electron chi connectivity index (χ2n) is 5.97. The quantitative estimate of drug-likeness (QED) is 0.629. The van der Waals surface area contributed by atoms with Gasteiger partial charge in [-0.1, -0.05) is 41.4 Å². The van der Waals surface area contributed by atoms with Gasteiger partial charge in [0.1, 0.15) is 23.4 Å². The molecule has 0 bridgehead atoms. The summed E-state index contributed by atoms with van der Waals surface area (Å²) in [6, 6.07) is 12.3. The van der Waals surface area contributed by atoms with Gasteiger partial charge in [0.2, 0.25) is 0 Å². The van der Waals surface area contributed by atoms with Crippen molar-refractivity contribution in [2.75, 3.05) is 7.11 Å². The van der Waals surface area contributed by atoms with Gasteiger partial charge in [-0.15, -0.1) is 0 Å². The molecule has 3 N–H and O–H groups in total. The van der Waals surface area contributed by atoms with Crippen molar-refractivity contribution in [1.82, 2.24) is 4.98 Å². The number of hydrogen-bond donors (Lipinski definition) is 2. The van der Waals surface area contributed by atoms with E-state index in [1.165, 1.54) is 12.3 Å². The van der Waals surface area contributed by atoms with Gasteiger partial charge in [0.05, 0.1) is 23.2 Å². The minimum absolute atomic E-state index is 0.139. The number of nitrogens with zero attached hydrogens (tertiary/aromatic N) is 1. The molecule has 140 valence electrons. The smallest absolute Gasteiger partial charge is 0.148 e. The molecule has 27 heavy (non-hydrogen) atoms. The van der Waals surface area contributed by atoms with E-state index in [0.29, 0.717) is 26.9 Å². The van der Waals surface area contributed by atoms with E-state index in [1.807, 2.05) is 6.07 Å². The number of pyridine rings is 1. The zero-order chi connectivity index (χ0) is 19.6. The normalized spacial score (nSPS) is 13.3. The van der Waals surface area contributed by atoms with E-state index < -0.39 is 18.0 Å². The zero-order valence-electron chi connectivity index (χ0n) is 14.4. The third-order valence-electron chi connectivity index (χ3n) is 4.22. The first-order valence-electron chi connectivity index (χ1n) is 8.09. The Morgan fingerprint density at radius 1 is 1.07 bits per heavy atom. The van der Waals surface area contributed by atoms with E-state index in [9.17, 15) is 9.50 Å². The van der Waals surface area contributed by atoms with Crippen LogP contribution in [0.2, 0.25) is 10.0 Å². The Balaban J connectivity index is 1.89. The molecule has 0 aliphatic carbocycles. The van der Waals surface area contributed by atoms with Crippen LogP contribution in [0, 0.1) is 5.82 Å². The first kappa shape index (κ1) is 19.6. The van der Waals surface area contributed by atoms with Crippen LogP contribution in [0.1, 0.15) is 23.4 Å². The average Bonchev–Trinajstić information content (AvgIpc) is 2.69. The number of methoxy groups -OCH3 is 1. The molecule has 0 fully saturated rings. The molecule has 1 aromatic heterocycles. The molecule has 0 aliphatic rings. The van der Waals surface area contributed by atoms with Crippen molar-refractivity contribution in [3.05, 3.63) is 81.8 Å². The lowest BCUT2D eigenvalue weighted by Crippen LogP contribution is -2.21. The summed E-state index contributed by atoms with van der Waals surface area (Å²) in [5.74, 6) is -0.00279. The fraction of sp³-hybridized carbons (Fsp3) is 0.150.